The maximum atomic E-state index is 12.4. The molecule has 1 aromatic heterocycles. The molecule has 1 aliphatic heterocycles. The monoisotopic (exact) mass is 404 g/mol. The van der Waals surface area contributed by atoms with Crippen LogP contribution in [0.5, 0.6) is 5.75 Å². The normalized spacial score (nSPS) is 13.9. The van der Waals surface area contributed by atoms with Crippen LogP contribution >= 0.6 is 11.3 Å². The molecule has 0 radical (unpaired) electrons. The number of nitrogens with one attached hydrogen (secondary N) is 2. The van der Waals surface area contributed by atoms with Crippen LogP contribution in [0.1, 0.15) is 27.3 Å². The third kappa shape index (κ3) is 5.20. The Morgan fingerprint density at radius 2 is 1.93 bits per heavy atom. The summed E-state index contributed by atoms with van der Waals surface area (Å²) in [7, 11) is 1.61. The number of morpholine rings is 1. The quantitative estimate of drug-likeness (QED) is 0.712. The number of carbonyl (C=O) groups excluding carboxylic acids is 2. The SMILES string of the molecule is COc1ccc(CCC(=O)NNC(=O)c2sc(N3CCOCC3)nc2C)cc1. The van der Waals surface area contributed by atoms with Crippen molar-refractivity contribution in [1.29, 1.82) is 0 Å². The number of aromatic nitrogens is 1. The van der Waals surface area contributed by atoms with Crippen molar-refractivity contribution >= 4 is 28.3 Å². The number of carbonyl (C=O) groups is 2. The van der Waals surface area contributed by atoms with Crippen LogP contribution in [0, 0.1) is 6.92 Å². The van der Waals surface area contributed by atoms with E-state index in [1.54, 1.807) is 14.0 Å². The lowest BCUT2D eigenvalue weighted by Gasteiger charge is -2.25. The third-order valence-electron chi connectivity index (χ3n) is 4.39. The molecule has 2 aromatic rings. The molecule has 0 atom stereocenters. The van der Waals surface area contributed by atoms with Gasteiger partial charge in [-0.3, -0.25) is 20.4 Å². The molecule has 0 bridgehead atoms. The average Bonchev–Trinajstić information content (AvgIpc) is 3.13. The van der Waals surface area contributed by atoms with Crippen molar-refractivity contribution in [2.24, 2.45) is 0 Å². The Hall–Kier alpha value is -2.65. The number of rotatable bonds is 6. The van der Waals surface area contributed by atoms with Gasteiger partial charge >= 0.3 is 0 Å². The van der Waals surface area contributed by atoms with Crippen molar-refractivity contribution in [2.75, 3.05) is 38.3 Å². The summed E-state index contributed by atoms with van der Waals surface area (Å²) in [6.07, 6.45) is 0.847. The number of ether oxygens (including phenoxy) is 2. The molecule has 9 heteroatoms. The fourth-order valence-corrected chi connectivity index (χ4v) is 3.79. The molecule has 0 aliphatic carbocycles. The van der Waals surface area contributed by atoms with E-state index in [0.29, 0.717) is 30.2 Å². The Morgan fingerprint density at radius 3 is 2.61 bits per heavy atom. The minimum Gasteiger partial charge on any atom is -0.497 e. The first kappa shape index (κ1) is 20.1. The van der Waals surface area contributed by atoms with Crippen LogP contribution in [0.15, 0.2) is 24.3 Å². The van der Waals surface area contributed by atoms with Crippen molar-refractivity contribution < 1.29 is 19.1 Å². The second kappa shape index (κ2) is 9.52. The maximum Gasteiger partial charge on any atom is 0.281 e. The minimum absolute atomic E-state index is 0.250. The van der Waals surface area contributed by atoms with E-state index in [9.17, 15) is 9.59 Å². The first-order valence-electron chi connectivity index (χ1n) is 9.09. The summed E-state index contributed by atoms with van der Waals surface area (Å²) >= 11 is 1.32. The molecule has 150 valence electrons. The lowest BCUT2D eigenvalue weighted by molar-refractivity contribution is -0.121. The summed E-state index contributed by atoms with van der Waals surface area (Å²) in [5, 5.41) is 0.803. The van der Waals surface area contributed by atoms with Gasteiger partial charge in [0.2, 0.25) is 5.91 Å². The van der Waals surface area contributed by atoms with Gasteiger partial charge in [-0.2, -0.15) is 0 Å². The third-order valence-corrected chi connectivity index (χ3v) is 5.61. The summed E-state index contributed by atoms with van der Waals surface area (Å²) in [5.41, 5.74) is 6.62. The first-order chi connectivity index (χ1) is 13.6. The smallest absolute Gasteiger partial charge is 0.281 e. The Kier molecular flexibility index (Phi) is 6.83. The van der Waals surface area contributed by atoms with Crippen LogP contribution in [0.2, 0.25) is 0 Å². The van der Waals surface area contributed by atoms with Crippen molar-refractivity contribution in [2.45, 2.75) is 19.8 Å². The Labute approximate surface area is 167 Å². The number of aryl methyl sites for hydroxylation is 2. The Bertz CT molecular complexity index is 816. The second-order valence-electron chi connectivity index (χ2n) is 6.36. The van der Waals surface area contributed by atoms with Gasteiger partial charge in [0.1, 0.15) is 10.6 Å². The van der Waals surface area contributed by atoms with Crippen LogP contribution in [-0.4, -0.2) is 50.2 Å². The molecule has 1 saturated heterocycles. The number of hydrogen-bond acceptors (Lipinski definition) is 7. The van der Waals surface area contributed by atoms with E-state index < -0.39 is 0 Å². The van der Waals surface area contributed by atoms with Gasteiger partial charge in [0.15, 0.2) is 5.13 Å². The zero-order chi connectivity index (χ0) is 19.9. The lowest BCUT2D eigenvalue weighted by atomic mass is 10.1. The Balaban J connectivity index is 1.47. The fraction of sp³-hybridized carbons (Fsp3) is 0.421. The van der Waals surface area contributed by atoms with E-state index in [1.807, 2.05) is 24.3 Å². The number of anilines is 1. The van der Waals surface area contributed by atoms with Gasteiger partial charge in [-0.05, 0) is 31.0 Å². The van der Waals surface area contributed by atoms with Crippen molar-refractivity contribution in [1.82, 2.24) is 15.8 Å². The number of amides is 2. The number of nitrogens with zero attached hydrogens (tertiary/aromatic N) is 2. The molecule has 0 saturated carbocycles. The highest BCUT2D eigenvalue weighted by molar-refractivity contribution is 7.17. The highest BCUT2D eigenvalue weighted by atomic mass is 32.1. The number of hydrazine groups is 1. The lowest BCUT2D eigenvalue weighted by Crippen LogP contribution is -2.41. The van der Waals surface area contributed by atoms with Gasteiger partial charge in [-0.1, -0.05) is 23.5 Å². The number of methoxy groups -OCH3 is 1. The highest BCUT2D eigenvalue weighted by Gasteiger charge is 2.20. The van der Waals surface area contributed by atoms with Crippen molar-refractivity contribution in [3.05, 3.63) is 40.4 Å². The summed E-state index contributed by atoms with van der Waals surface area (Å²) in [5.74, 6) is 0.170. The molecular weight excluding hydrogens is 380 g/mol. The molecule has 2 N–H and O–H groups in total. The van der Waals surface area contributed by atoms with Crippen LogP contribution in [0.4, 0.5) is 5.13 Å². The van der Waals surface area contributed by atoms with E-state index in [4.69, 9.17) is 9.47 Å². The van der Waals surface area contributed by atoms with Crippen LogP contribution in [0.25, 0.3) is 0 Å². The summed E-state index contributed by atoms with van der Waals surface area (Å²) in [6, 6.07) is 7.54. The molecule has 2 amide bonds. The summed E-state index contributed by atoms with van der Waals surface area (Å²) in [6.45, 7) is 4.63. The number of hydrogen-bond donors (Lipinski definition) is 2. The summed E-state index contributed by atoms with van der Waals surface area (Å²) < 4.78 is 10.5. The molecule has 3 rings (SSSR count). The zero-order valence-corrected chi connectivity index (χ0v) is 16.8. The van der Waals surface area contributed by atoms with Crippen LogP contribution in [0.3, 0.4) is 0 Å². The van der Waals surface area contributed by atoms with E-state index in [0.717, 1.165) is 29.5 Å². The van der Waals surface area contributed by atoms with Gasteiger partial charge in [0, 0.05) is 19.5 Å². The average molecular weight is 404 g/mol. The molecule has 8 nitrogen and oxygen atoms in total. The first-order valence-corrected chi connectivity index (χ1v) is 9.90. The predicted molar refractivity (Wildman–Crippen MR) is 107 cm³/mol. The highest BCUT2D eigenvalue weighted by Crippen LogP contribution is 2.26. The number of benzene rings is 1. The molecule has 2 heterocycles. The molecule has 1 aromatic carbocycles. The topological polar surface area (TPSA) is 92.8 Å². The van der Waals surface area contributed by atoms with Crippen LogP contribution < -0.4 is 20.5 Å². The van der Waals surface area contributed by atoms with Gasteiger partial charge < -0.3 is 14.4 Å². The Morgan fingerprint density at radius 1 is 1.21 bits per heavy atom. The standard InChI is InChI=1S/C19H24N4O4S/c1-13-17(28-19(20-13)23-9-11-27-12-10-23)18(25)22-21-16(24)8-5-14-3-6-15(26-2)7-4-14/h3-4,6-7H,5,8-12H2,1-2H3,(H,21,24)(H,22,25). The zero-order valence-electron chi connectivity index (χ0n) is 16.0. The molecule has 0 unspecified atom stereocenters. The summed E-state index contributed by atoms with van der Waals surface area (Å²) in [4.78, 5) is 31.5. The fourth-order valence-electron chi connectivity index (χ4n) is 2.78. The minimum atomic E-state index is -0.354. The van der Waals surface area contributed by atoms with E-state index in [-0.39, 0.29) is 18.2 Å². The molecule has 0 spiro atoms. The van der Waals surface area contributed by atoms with Crippen molar-refractivity contribution in [3.8, 4) is 5.75 Å². The van der Waals surface area contributed by atoms with Gasteiger partial charge in [0.25, 0.3) is 5.91 Å². The van der Waals surface area contributed by atoms with Crippen molar-refractivity contribution in [3.63, 3.8) is 0 Å². The largest absolute Gasteiger partial charge is 0.497 e. The van der Waals surface area contributed by atoms with E-state index in [2.05, 4.69) is 20.7 Å². The second-order valence-corrected chi connectivity index (χ2v) is 7.34. The molecule has 1 aliphatic rings. The van der Waals surface area contributed by atoms with Gasteiger partial charge in [0.05, 0.1) is 26.0 Å². The van der Waals surface area contributed by atoms with Crippen LogP contribution in [-0.2, 0) is 16.0 Å². The molecular formula is C19H24N4O4S. The van der Waals surface area contributed by atoms with Gasteiger partial charge in [-0.25, -0.2) is 4.98 Å². The number of thiazole rings is 1. The maximum absolute atomic E-state index is 12.4. The molecule has 28 heavy (non-hydrogen) atoms. The van der Waals surface area contributed by atoms with Gasteiger partial charge in [-0.15, -0.1) is 0 Å². The van der Waals surface area contributed by atoms with E-state index in [1.165, 1.54) is 11.3 Å². The van der Waals surface area contributed by atoms with E-state index >= 15 is 0 Å². The predicted octanol–water partition coefficient (Wildman–Crippen LogP) is 1.69. The molecule has 1 fully saturated rings.